The molecule has 1 heterocycles. The molecule has 0 aliphatic carbocycles. The van der Waals surface area contributed by atoms with Gasteiger partial charge in [0.25, 0.3) is 0 Å². The SMILES string of the molecule is CS(=O)(=O)N(CCC(=O)Nc1cccc(F)c1)c1cccc2cccnc12. The molecule has 0 bridgehead atoms. The molecule has 0 radical (unpaired) electrons. The molecular formula is C19H18FN3O3S. The topological polar surface area (TPSA) is 79.4 Å². The van der Waals surface area contributed by atoms with Crippen LogP contribution in [0.3, 0.4) is 0 Å². The van der Waals surface area contributed by atoms with Crippen LogP contribution < -0.4 is 9.62 Å². The van der Waals surface area contributed by atoms with Gasteiger partial charge in [-0.15, -0.1) is 0 Å². The molecule has 3 aromatic rings. The van der Waals surface area contributed by atoms with E-state index >= 15 is 0 Å². The fourth-order valence-corrected chi connectivity index (χ4v) is 3.67. The summed E-state index contributed by atoms with van der Waals surface area (Å²) in [6.07, 6.45) is 2.58. The standard InChI is InChI=1S/C19H18FN3O3S/c1-27(25,26)23(17-9-2-5-14-6-4-11-21-19(14)17)12-10-18(24)22-16-8-3-7-15(20)13-16/h2-9,11,13H,10,12H2,1H3,(H,22,24). The van der Waals surface area contributed by atoms with E-state index in [1.54, 1.807) is 30.5 Å². The fraction of sp³-hybridized carbons (Fsp3) is 0.158. The van der Waals surface area contributed by atoms with Gasteiger partial charge in [0.1, 0.15) is 5.82 Å². The maximum Gasteiger partial charge on any atom is 0.232 e. The highest BCUT2D eigenvalue weighted by molar-refractivity contribution is 7.92. The molecule has 0 spiro atoms. The Morgan fingerprint density at radius 3 is 2.63 bits per heavy atom. The van der Waals surface area contributed by atoms with Gasteiger partial charge in [-0.05, 0) is 30.3 Å². The van der Waals surface area contributed by atoms with Crippen molar-refractivity contribution in [1.82, 2.24) is 4.98 Å². The van der Waals surface area contributed by atoms with Crippen LogP contribution in [0.4, 0.5) is 15.8 Å². The summed E-state index contributed by atoms with van der Waals surface area (Å²) in [7, 11) is -3.63. The first-order valence-corrected chi connectivity index (χ1v) is 10.1. The van der Waals surface area contributed by atoms with E-state index in [0.717, 1.165) is 15.9 Å². The van der Waals surface area contributed by atoms with Crippen molar-refractivity contribution in [2.45, 2.75) is 6.42 Å². The molecule has 0 aliphatic heterocycles. The minimum absolute atomic E-state index is 0.0599. The van der Waals surface area contributed by atoms with E-state index in [0.29, 0.717) is 16.9 Å². The molecule has 0 atom stereocenters. The highest BCUT2D eigenvalue weighted by Gasteiger charge is 2.21. The number of nitrogens with zero attached hydrogens (tertiary/aromatic N) is 2. The third-order valence-corrected chi connectivity index (χ3v) is 5.11. The number of amides is 1. The number of pyridine rings is 1. The second-order valence-corrected chi connectivity index (χ2v) is 7.90. The third-order valence-electron chi connectivity index (χ3n) is 3.93. The van der Waals surface area contributed by atoms with Crippen molar-refractivity contribution in [2.24, 2.45) is 0 Å². The Balaban J connectivity index is 1.81. The first kappa shape index (κ1) is 18.8. The molecule has 0 unspecified atom stereocenters. The predicted molar refractivity (Wildman–Crippen MR) is 104 cm³/mol. The fourth-order valence-electron chi connectivity index (χ4n) is 2.75. The molecule has 8 heteroatoms. The highest BCUT2D eigenvalue weighted by atomic mass is 32.2. The van der Waals surface area contributed by atoms with E-state index in [1.165, 1.54) is 18.2 Å². The molecule has 3 rings (SSSR count). The maximum atomic E-state index is 13.2. The number of fused-ring (bicyclic) bond motifs is 1. The summed E-state index contributed by atoms with van der Waals surface area (Å²) in [5.41, 5.74) is 1.27. The summed E-state index contributed by atoms with van der Waals surface area (Å²) >= 11 is 0. The zero-order chi connectivity index (χ0) is 19.4. The Morgan fingerprint density at radius 2 is 1.89 bits per heavy atom. The van der Waals surface area contributed by atoms with Crippen LogP contribution in [0.25, 0.3) is 10.9 Å². The molecule has 27 heavy (non-hydrogen) atoms. The average Bonchev–Trinajstić information content (AvgIpc) is 2.61. The number of halogens is 1. The Kier molecular flexibility index (Phi) is 5.36. The lowest BCUT2D eigenvalue weighted by Gasteiger charge is -2.23. The summed E-state index contributed by atoms with van der Waals surface area (Å²) in [5, 5.41) is 3.36. The van der Waals surface area contributed by atoms with Crippen LogP contribution in [0, 0.1) is 5.82 Å². The van der Waals surface area contributed by atoms with Crippen molar-refractivity contribution in [3.63, 3.8) is 0 Å². The highest BCUT2D eigenvalue weighted by Crippen LogP contribution is 2.26. The molecule has 0 saturated carbocycles. The number of rotatable bonds is 6. The van der Waals surface area contributed by atoms with E-state index in [1.807, 2.05) is 12.1 Å². The molecule has 1 amide bonds. The van der Waals surface area contributed by atoms with Crippen LogP contribution in [0.1, 0.15) is 6.42 Å². The van der Waals surface area contributed by atoms with Gasteiger partial charge in [0.2, 0.25) is 15.9 Å². The monoisotopic (exact) mass is 387 g/mol. The van der Waals surface area contributed by atoms with E-state index in [2.05, 4.69) is 10.3 Å². The van der Waals surface area contributed by atoms with Gasteiger partial charge in [0, 0.05) is 30.2 Å². The molecule has 140 valence electrons. The number of sulfonamides is 1. The molecule has 6 nitrogen and oxygen atoms in total. The number of hydrogen-bond acceptors (Lipinski definition) is 4. The first-order chi connectivity index (χ1) is 12.8. The lowest BCUT2D eigenvalue weighted by molar-refractivity contribution is -0.116. The van der Waals surface area contributed by atoms with E-state index in [4.69, 9.17) is 0 Å². The summed E-state index contributed by atoms with van der Waals surface area (Å²) in [4.78, 5) is 16.5. The number of aromatic nitrogens is 1. The van der Waals surface area contributed by atoms with Gasteiger partial charge in [0.05, 0.1) is 17.5 Å². The number of anilines is 2. The quantitative estimate of drug-likeness (QED) is 0.705. The van der Waals surface area contributed by atoms with Gasteiger partial charge >= 0.3 is 0 Å². The zero-order valence-electron chi connectivity index (χ0n) is 14.6. The number of nitrogens with one attached hydrogen (secondary N) is 1. The number of para-hydroxylation sites is 1. The van der Waals surface area contributed by atoms with Crippen molar-refractivity contribution < 1.29 is 17.6 Å². The molecule has 2 aromatic carbocycles. The summed E-state index contributed by atoms with van der Waals surface area (Å²) in [5.74, 6) is -0.880. The van der Waals surface area contributed by atoms with E-state index in [-0.39, 0.29) is 13.0 Å². The van der Waals surface area contributed by atoms with Gasteiger partial charge < -0.3 is 5.32 Å². The van der Waals surface area contributed by atoms with Crippen molar-refractivity contribution in [3.05, 3.63) is 66.6 Å². The molecule has 1 N–H and O–H groups in total. The lowest BCUT2D eigenvalue weighted by Crippen LogP contribution is -2.33. The lowest BCUT2D eigenvalue weighted by atomic mass is 10.2. The Morgan fingerprint density at radius 1 is 1.15 bits per heavy atom. The Hall–Kier alpha value is -3.00. The summed E-state index contributed by atoms with van der Waals surface area (Å²) in [6, 6.07) is 14.3. The zero-order valence-corrected chi connectivity index (χ0v) is 15.4. The molecule has 1 aromatic heterocycles. The van der Waals surface area contributed by atoms with Gasteiger partial charge in [-0.25, -0.2) is 12.8 Å². The second kappa shape index (κ2) is 7.71. The normalized spacial score (nSPS) is 11.3. The van der Waals surface area contributed by atoms with E-state index in [9.17, 15) is 17.6 Å². The van der Waals surface area contributed by atoms with E-state index < -0.39 is 21.7 Å². The van der Waals surface area contributed by atoms with Gasteiger partial charge in [0.15, 0.2) is 0 Å². The molecule has 0 fully saturated rings. The smallest absolute Gasteiger partial charge is 0.232 e. The molecule has 0 aliphatic rings. The van der Waals surface area contributed by atoms with Crippen LogP contribution in [0.5, 0.6) is 0 Å². The van der Waals surface area contributed by atoms with Gasteiger partial charge in [-0.3, -0.25) is 14.1 Å². The molecule has 0 saturated heterocycles. The number of benzene rings is 2. The average molecular weight is 387 g/mol. The first-order valence-electron chi connectivity index (χ1n) is 8.21. The number of carbonyl (C=O) groups is 1. The van der Waals surface area contributed by atoms with Gasteiger partial charge in [-0.1, -0.05) is 24.3 Å². The van der Waals surface area contributed by atoms with Crippen molar-refractivity contribution in [3.8, 4) is 0 Å². The Bertz CT molecular complexity index is 1080. The minimum Gasteiger partial charge on any atom is -0.326 e. The third kappa shape index (κ3) is 4.59. The van der Waals surface area contributed by atoms with Crippen LogP contribution in [-0.4, -0.2) is 32.1 Å². The van der Waals surface area contributed by atoms with Crippen LogP contribution in [-0.2, 0) is 14.8 Å². The molecular weight excluding hydrogens is 369 g/mol. The second-order valence-electron chi connectivity index (χ2n) is 6.00. The van der Waals surface area contributed by atoms with Crippen molar-refractivity contribution in [1.29, 1.82) is 0 Å². The predicted octanol–water partition coefficient (Wildman–Crippen LogP) is 3.17. The van der Waals surface area contributed by atoms with Crippen LogP contribution in [0.15, 0.2) is 60.8 Å². The number of hydrogen-bond donors (Lipinski definition) is 1. The summed E-state index contributed by atoms with van der Waals surface area (Å²) in [6.45, 7) is -0.0599. The van der Waals surface area contributed by atoms with Crippen molar-refractivity contribution in [2.75, 3.05) is 22.4 Å². The minimum atomic E-state index is -3.63. The summed E-state index contributed by atoms with van der Waals surface area (Å²) < 4.78 is 39.0. The van der Waals surface area contributed by atoms with Crippen LogP contribution >= 0.6 is 0 Å². The van der Waals surface area contributed by atoms with Crippen LogP contribution in [0.2, 0.25) is 0 Å². The van der Waals surface area contributed by atoms with Crippen molar-refractivity contribution >= 4 is 38.2 Å². The van der Waals surface area contributed by atoms with Gasteiger partial charge in [-0.2, -0.15) is 0 Å². The number of carbonyl (C=O) groups excluding carboxylic acids is 1. The maximum absolute atomic E-state index is 13.2. The Labute approximate surface area is 156 Å². The largest absolute Gasteiger partial charge is 0.326 e.